The first-order chi connectivity index (χ1) is 56.8. The van der Waals surface area contributed by atoms with E-state index in [1.165, 1.54) is 50.5 Å². The van der Waals surface area contributed by atoms with Gasteiger partial charge in [-0.1, -0.05) is 30.3 Å². The number of benzene rings is 1. The standard InChI is InChI=1S/C18H27N3O.C16H30N4O2.C14H25N3O2.C14H27N3O2.2C14H25N3O/c1-15(2)19-10-12-20(13-11-19)18(22)21-9-8-17(14-21)16-6-4-3-5-7-16;1-14(2)17-5-7-19(8-6-17)16(21)20-4-3-15(13-20)18-9-11-22-12-10-18;1-11(2)15-3-5-16(6-4-15)14(18)17-7-12-9-19-10-13(12)8-17;1-12(2)15-8-10-17(11-9-15)14(18)16-6-4-13(19-3)5-7-16;1-12(2)15-7-9-16(10-8-15)13(18)17-6-5-14(11-17)3-4-14;1-11(2)15-7-9-16(10-8-15)14(18)17-12-3-4-13(17)6-5-12/h3-7,15,17H,8-14H2,1-2H3;14-15H,3-13H2,1-2H3;11-13H,3-10H2,1-2H3;12-13H,4-11H2,1-3H3;12H,3-11H2,1-2H3;11-13H,3-10H2,1-2H3. The number of urea groups is 6. The van der Waals surface area contributed by atoms with Gasteiger partial charge in [0.2, 0.25) is 0 Å². The molecule has 4 atom stereocenters. The molecule has 16 fully saturated rings. The summed E-state index contributed by atoms with van der Waals surface area (Å²) < 4.78 is 16.2. The van der Waals surface area contributed by atoms with Crippen molar-refractivity contribution in [1.82, 2.24) is 93.1 Å². The van der Waals surface area contributed by atoms with Crippen molar-refractivity contribution in [3.8, 4) is 0 Å². The van der Waals surface area contributed by atoms with Gasteiger partial charge in [0.05, 0.1) is 32.5 Å². The van der Waals surface area contributed by atoms with Gasteiger partial charge in [0.25, 0.3) is 0 Å². The fraction of sp³-hybridized carbons (Fsp3) is 0.867. The topological polar surface area (TPSA) is 192 Å². The summed E-state index contributed by atoms with van der Waals surface area (Å²) in [6.07, 6.45) is 13.3. The maximum Gasteiger partial charge on any atom is 0.320 e. The first kappa shape index (κ1) is 91.6. The average Bonchev–Trinajstić information content (AvgIpc) is 1.62. The van der Waals surface area contributed by atoms with Gasteiger partial charge in [-0.15, -0.1) is 0 Å². The molecule has 0 aromatic heterocycles. The lowest BCUT2D eigenvalue weighted by Crippen LogP contribution is -2.55. The summed E-state index contributed by atoms with van der Waals surface area (Å²) in [5, 5.41) is 0. The van der Waals surface area contributed by atoms with Crippen LogP contribution >= 0.6 is 0 Å². The third-order valence-corrected chi connectivity index (χ3v) is 29.5. The average molecular weight is 1650 g/mol. The van der Waals surface area contributed by atoms with Gasteiger partial charge < -0.3 is 73.0 Å². The summed E-state index contributed by atoms with van der Waals surface area (Å²) >= 11 is 0. The van der Waals surface area contributed by atoms with E-state index in [0.29, 0.717) is 95.7 Å². The first-order valence-electron chi connectivity index (χ1n) is 47.0. The Hall–Kier alpha value is -5.56. The number of carbonyl (C=O) groups excluding carboxylic acids is 6. The number of rotatable bonds is 9. The molecule has 15 aliphatic heterocycles. The highest BCUT2D eigenvalue weighted by Crippen LogP contribution is 2.53. The van der Waals surface area contributed by atoms with Gasteiger partial charge in [-0.05, 0) is 165 Å². The van der Waals surface area contributed by atoms with Crippen molar-refractivity contribution in [2.75, 3.05) is 269 Å². The highest BCUT2D eigenvalue weighted by atomic mass is 16.5. The van der Waals surface area contributed by atoms with Crippen LogP contribution in [0, 0.1) is 17.3 Å². The van der Waals surface area contributed by atoms with Crippen molar-refractivity contribution in [2.45, 2.75) is 220 Å². The smallest absolute Gasteiger partial charge is 0.320 e. The third kappa shape index (κ3) is 24.5. The summed E-state index contributed by atoms with van der Waals surface area (Å²) in [5.74, 6) is 1.67. The number of fused-ring (bicyclic) bond motifs is 3. The molecule has 16 aliphatic rings. The molecule has 12 amide bonds. The molecule has 0 N–H and O–H groups in total. The van der Waals surface area contributed by atoms with E-state index in [4.69, 9.17) is 14.2 Å². The lowest BCUT2D eigenvalue weighted by Gasteiger charge is -2.40. The van der Waals surface area contributed by atoms with Gasteiger partial charge in [0.1, 0.15) is 0 Å². The van der Waals surface area contributed by atoms with Crippen LogP contribution in [0.15, 0.2) is 30.3 Å². The van der Waals surface area contributed by atoms with E-state index in [-0.39, 0.29) is 24.1 Å². The van der Waals surface area contributed by atoms with Crippen LogP contribution in [0.3, 0.4) is 0 Å². The van der Waals surface area contributed by atoms with E-state index in [1.54, 1.807) is 7.11 Å². The molecule has 1 aliphatic carbocycles. The Balaban J connectivity index is 0.000000130. The number of amides is 12. The number of morpholine rings is 1. The molecule has 1 aromatic rings. The number of piperidine rings is 1. The predicted molar refractivity (Wildman–Crippen MR) is 467 cm³/mol. The fourth-order valence-corrected chi connectivity index (χ4v) is 20.9. The SMILES string of the molecule is CC(C)N1CCN(C(=O)N2C3CCC2CC3)CC1.CC(C)N1CCN(C(=O)N2CC3COCC3C2)CC1.CC(C)N1CCN(C(=O)N2CCC(N3CCOCC3)C2)CC1.CC(C)N1CCN(C(=O)N2CCC(c3ccccc3)C2)CC1.CC(C)N1CCN(C(=O)N2CCC3(CC3)C2)CC1.COC1CCN(C(=O)N2CCN(C(C)C)CC2)CC1. The zero-order valence-corrected chi connectivity index (χ0v) is 75.6. The van der Waals surface area contributed by atoms with Crippen LogP contribution in [0.25, 0.3) is 0 Å². The third-order valence-electron chi connectivity index (χ3n) is 29.5. The van der Waals surface area contributed by atoms with E-state index in [0.717, 1.165) is 288 Å². The number of hydrogen-bond acceptors (Lipinski definition) is 16. The molecule has 668 valence electrons. The number of nitrogens with zero attached hydrogens (tertiary/aromatic N) is 19. The second-order valence-corrected chi connectivity index (χ2v) is 38.7. The lowest BCUT2D eigenvalue weighted by atomic mass is 9.99. The lowest BCUT2D eigenvalue weighted by molar-refractivity contribution is 0.0186. The molecule has 118 heavy (non-hydrogen) atoms. The number of hydrogen-bond donors (Lipinski definition) is 0. The van der Waals surface area contributed by atoms with Crippen molar-refractivity contribution in [2.24, 2.45) is 17.3 Å². The van der Waals surface area contributed by atoms with E-state index in [2.05, 4.69) is 172 Å². The summed E-state index contributed by atoms with van der Waals surface area (Å²) in [5.41, 5.74) is 1.91. The molecule has 28 heteroatoms. The minimum atomic E-state index is 0.220. The van der Waals surface area contributed by atoms with Crippen LogP contribution in [0.2, 0.25) is 0 Å². The largest absolute Gasteiger partial charge is 0.381 e. The molecule has 1 aromatic carbocycles. The zero-order valence-electron chi connectivity index (χ0n) is 75.6. The molecule has 17 rings (SSSR count). The Labute approximate surface area is 711 Å². The van der Waals surface area contributed by atoms with Crippen molar-refractivity contribution in [1.29, 1.82) is 0 Å². The van der Waals surface area contributed by atoms with Crippen LogP contribution < -0.4 is 0 Å². The number of piperazine rings is 6. The number of methoxy groups -OCH3 is 1. The molecule has 1 saturated carbocycles. The molecule has 0 radical (unpaired) electrons. The van der Waals surface area contributed by atoms with Gasteiger partial charge in [-0.25, -0.2) is 28.8 Å². The van der Waals surface area contributed by atoms with E-state index in [9.17, 15) is 28.8 Å². The van der Waals surface area contributed by atoms with E-state index < -0.39 is 0 Å². The Bertz CT molecular complexity index is 3210. The van der Waals surface area contributed by atoms with Crippen molar-refractivity contribution >= 4 is 36.2 Å². The minimum Gasteiger partial charge on any atom is -0.381 e. The molecular formula is C90H159N19O9. The van der Waals surface area contributed by atoms with Crippen LogP contribution in [-0.4, -0.2) is 459 Å². The van der Waals surface area contributed by atoms with Crippen LogP contribution in [0.1, 0.15) is 165 Å². The predicted octanol–water partition coefficient (Wildman–Crippen LogP) is 8.49. The quantitative estimate of drug-likeness (QED) is 0.228. The highest BCUT2D eigenvalue weighted by molar-refractivity contribution is 5.78. The Morgan fingerprint density at radius 3 is 1.03 bits per heavy atom. The normalized spacial score (nSPS) is 27.7. The van der Waals surface area contributed by atoms with Gasteiger partial charge in [0.15, 0.2) is 0 Å². The highest BCUT2D eigenvalue weighted by Gasteiger charge is 2.50. The first-order valence-corrected chi connectivity index (χ1v) is 47.0. The second kappa shape index (κ2) is 43.7. The minimum absolute atomic E-state index is 0.220. The summed E-state index contributed by atoms with van der Waals surface area (Å²) in [7, 11) is 1.76. The Kier molecular flexibility index (Phi) is 33.9. The second-order valence-electron chi connectivity index (χ2n) is 38.7. The van der Waals surface area contributed by atoms with Gasteiger partial charge in [-0.3, -0.25) is 34.3 Å². The molecule has 15 heterocycles. The number of carbonyl (C=O) groups is 6. The van der Waals surface area contributed by atoms with Crippen molar-refractivity contribution in [3.05, 3.63) is 35.9 Å². The molecule has 4 unspecified atom stereocenters. The van der Waals surface area contributed by atoms with Crippen molar-refractivity contribution in [3.63, 3.8) is 0 Å². The van der Waals surface area contributed by atoms with E-state index in [1.807, 2.05) is 34.3 Å². The molecule has 1 spiro atoms. The fourth-order valence-electron chi connectivity index (χ4n) is 20.9. The van der Waals surface area contributed by atoms with Gasteiger partial charge in [-0.2, -0.15) is 0 Å². The Morgan fingerprint density at radius 2 is 0.661 bits per heavy atom. The van der Waals surface area contributed by atoms with Crippen LogP contribution in [0.5, 0.6) is 0 Å². The number of ether oxygens (including phenoxy) is 3. The molecular weight excluding hydrogens is 1490 g/mol. The van der Waals surface area contributed by atoms with Crippen LogP contribution in [0.4, 0.5) is 28.8 Å². The van der Waals surface area contributed by atoms with Crippen molar-refractivity contribution < 1.29 is 43.0 Å². The number of likely N-dealkylation sites (tertiary alicyclic amines) is 5. The van der Waals surface area contributed by atoms with Gasteiger partial charge >= 0.3 is 36.2 Å². The summed E-state index contributed by atoms with van der Waals surface area (Å²) in [6.45, 7) is 63.8. The molecule has 28 nitrogen and oxygen atoms in total. The van der Waals surface area contributed by atoms with Crippen LogP contribution in [-0.2, 0) is 14.2 Å². The molecule has 15 saturated heterocycles. The Morgan fingerprint density at radius 1 is 0.322 bits per heavy atom. The maximum atomic E-state index is 12.7. The molecule has 2 bridgehead atoms. The summed E-state index contributed by atoms with van der Waals surface area (Å²) in [4.78, 5) is 117. The van der Waals surface area contributed by atoms with E-state index >= 15 is 0 Å². The summed E-state index contributed by atoms with van der Waals surface area (Å²) in [6, 6.07) is 17.3. The zero-order chi connectivity index (χ0) is 83.7. The van der Waals surface area contributed by atoms with Gasteiger partial charge in [0, 0.05) is 315 Å². The monoisotopic (exact) mass is 1650 g/mol. The maximum absolute atomic E-state index is 12.7.